The summed E-state index contributed by atoms with van der Waals surface area (Å²) in [6, 6.07) is 4.17. The van der Waals surface area contributed by atoms with Crippen LogP contribution in [0, 0.1) is 5.82 Å². The van der Waals surface area contributed by atoms with Crippen LogP contribution in [0.5, 0.6) is 0 Å². The Kier molecular flexibility index (Phi) is 3.71. The molecule has 5 nitrogen and oxygen atoms in total. The lowest BCUT2D eigenvalue weighted by Crippen LogP contribution is -2.28. The molecule has 0 saturated heterocycles. The summed E-state index contributed by atoms with van der Waals surface area (Å²) in [5.41, 5.74) is -0.0178. The first-order chi connectivity index (χ1) is 8.59. The van der Waals surface area contributed by atoms with Crippen molar-refractivity contribution < 1.29 is 9.18 Å². The molecule has 2 rings (SSSR count). The van der Waals surface area contributed by atoms with Crippen LogP contribution in [-0.4, -0.2) is 21.1 Å². The molecule has 1 heterocycles. The molecule has 0 spiro atoms. The van der Waals surface area contributed by atoms with Crippen molar-refractivity contribution >= 4 is 21.8 Å². The molecule has 0 fully saturated rings. The van der Waals surface area contributed by atoms with E-state index >= 15 is 0 Å². The van der Waals surface area contributed by atoms with Crippen LogP contribution in [0.1, 0.15) is 29.1 Å². The molecule has 0 saturated carbocycles. The molecule has 7 heteroatoms. The Balaban J connectivity index is 2.15. The van der Waals surface area contributed by atoms with Crippen LogP contribution in [-0.2, 0) is 0 Å². The number of benzene rings is 1. The molecular formula is C11H10BrFN4O. The molecule has 0 unspecified atom stereocenters. The Morgan fingerprint density at radius 2 is 2.33 bits per heavy atom. The third-order valence-electron chi connectivity index (χ3n) is 2.39. The number of H-pyrrole nitrogens is 1. The zero-order valence-electron chi connectivity index (χ0n) is 9.45. The Bertz CT molecular complexity index is 558. The van der Waals surface area contributed by atoms with Gasteiger partial charge < -0.3 is 5.32 Å². The molecule has 1 aromatic carbocycles. The smallest absolute Gasteiger partial charge is 0.254 e. The third-order valence-corrected chi connectivity index (χ3v) is 3.00. The van der Waals surface area contributed by atoms with Crippen molar-refractivity contribution in [2.24, 2.45) is 0 Å². The van der Waals surface area contributed by atoms with Gasteiger partial charge in [-0.2, -0.15) is 5.10 Å². The summed E-state index contributed by atoms with van der Waals surface area (Å²) in [4.78, 5) is 15.8. The first kappa shape index (κ1) is 12.7. The average Bonchev–Trinajstić information content (AvgIpc) is 2.86. The van der Waals surface area contributed by atoms with Gasteiger partial charge in [-0.15, -0.1) is 0 Å². The molecule has 2 aromatic rings. The van der Waals surface area contributed by atoms with Crippen LogP contribution in [0.4, 0.5) is 4.39 Å². The van der Waals surface area contributed by atoms with Gasteiger partial charge in [-0.3, -0.25) is 9.89 Å². The summed E-state index contributed by atoms with van der Waals surface area (Å²) in [7, 11) is 0. The average molecular weight is 313 g/mol. The molecule has 1 aromatic heterocycles. The molecule has 0 aliphatic carbocycles. The van der Waals surface area contributed by atoms with Crippen LogP contribution in [0.15, 0.2) is 29.0 Å². The van der Waals surface area contributed by atoms with Gasteiger partial charge in [0.1, 0.15) is 18.0 Å². The summed E-state index contributed by atoms with van der Waals surface area (Å²) < 4.78 is 14.0. The predicted octanol–water partition coefficient (Wildman–Crippen LogP) is 2.20. The van der Waals surface area contributed by atoms with Gasteiger partial charge in [-0.05, 0) is 35.0 Å². The Morgan fingerprint density at radius 1 is 1.56 bits per heavy atom. The number of aromatic amines is 1. The zero-order valence-corrected chi connectivity index (χ0v) is 11.0. The van der Waals surface area contributed by atoms with Gasteiger partial charge in [-0.1, -0.05) is 6.07 Å². The molecule has 94 valence electrons. The van der Waals surface area contributed by atoms with Crippen molar-refractivity contribution in [2.45, 2.75) is 13.0 Å². The molecule has 0 aliphatic heterocycles. The van der Waals surface area contributed by atoms with E-state index in [4.69, 9.17) is 0 Å². The van der Waals surface area contributed by atoms with Crippen molar-refractivity contribution in [1.82, 2.24) is 20.5 Å². The van der Waals surface area contributed by atoms with Crippen LogP contribution in [0.2, 0.25) is 0 Å². The summed E-state index contributed by atoms with van der Waals surface area (Å²) >= 11 is 3.04. The standard InChI is InChI=1S/C11H10BrFN4O/c1-6(10-14-5-15-17-10)16-11(18)7-3-2-4-8(12)9(7)13/h2-6H,1H3,(H,16,18)(H,14,15,17)/t6-/m1/s1. The fourth-order valence-electron chi connectivity index (χ4n) is 1.45. The number of nitrogens with zero attached hydrogens (tertiary/aromatic N) is 2. The minimum absolute atomic E-state index is 0.0178. The zero-order chi connectivity index (χ0) is 13.1. The number of carbonyl (C=O) groups excluding carboxylic acids is 1. The molecule has 1 atom stereocenters. The molecule has 18 heavy (non-hydrogen) atoms. The van der Waals surface area contributed by atoms with Crippen LogP contribution >= 0.6 is 15.9 Å². The first-order valence-corrected chi connectivity index (χ1v) is 5.99. The topological polar surface area (TPSA) is 70.7 Å². The molecule has 0 bridgehead atoms. The lowest BCUT2D eigenvalue weighted by atomic mass is 10.2. The SMILES string of the molecule is C[C@@H](NC(=O)c1cccc(Br)c1F)c1ncn[nH]1. The molecule has 1 amide bonds. The van der Waals surface area contributed by atoms with Crippen molar-refractivity contribution in [3.8, 4) is 0 Å². The number of aromatic nitrogens is 3. The Morgan fingerprint density at radius 3 is 3.00 bits per heavy atom. The molecular weight excluding hydrogens is 303 g/mol. The Hall–Kier alpha value is -1.76. The maximum absolute atomic E-state index is 13.7. The highest BCUT2D eigenvalue weighted by molar-refractivity contribution is 9.10. The van der Waals surface area contributed by atoms with Crippen LogP contribution in [0.25, 0.3) is 0 Å². The van der Waals surface area contributed by atoms with E-state index in [1.54, 1.807) is 13.0 Å². The van der Waals surface area contributed by atoms with Crippen LogP contribution < -0.4 is 5.32 Å². The van der Waals surface area contributed by atoms with E-state index in [2.05, 4.69) is 36.4 Å². The minimum Gasteiger partial charge on any atom is -0.342 e. The summed E-state index contributed by atoms with van der Waals surface area (Å²) in [5, 5.41) is 8.96. The molecule has 0 radical (unpaired) electrons. The predicted molar refractivity (Wildman–Crippen MR) is 66.4 cm³/mol. The number of hydrogen-bond donors (Lipinski definition) is 2. The highest BCUT2D eigenvalue weighted by Gasteiger charge is 2.17. The van der Waals surface area contributed by atoms with Gasteiger partial charge >= 0.3 is 0 Å². The minimum atomic E-state index is -0.584. The summed E-state index contributed by atoms with van der Waals surface area (Å²) in [5.74, 6) is -0.573. The normalized spacial score (nSPS) is 12.2. The van der Waals surface area contributed by atoms with Crippen molar-refractivity contribution in [3.05, 3.63) is 46.2 Å². The van der Waals surface area contributed by atoms with Gasteiger partial charge in [0, 0.05) is 0 Å². The highest BCUT2D eigenvalue weighted by atomic mass is 79.9. The monoisotopic (exact) mass is 312 g/mol. The Labute approximate surface area is 111 Å². The van der Waals surface area contributed by atoms with E-state index in [9.17, 15) is 9.18 Å². The van der Waals surface area contributed by atoms with Gasteiger partial charge in [0.05, 0.1) is 16.1 Å². The number of halogens is 2. The number of hydrogen-bond acceptors (Lipinski definition) is 3. The second kappa shape index (κ2) is 5.26. The number of carbonyl (C=O) groups is 1. The highest BCUT2D eigenvalue weighted by Crippen LogP contribution is 2.19. The first-order valence-electron chi connectivity index (χ1n) is 5.19. The number of amides is 1. The second-order valence-electron chi connectivity index (χ2n) is 3.67. The van der Waals surface area contributed by atoms with E-state index < -0.39 is 11.7 Å². The van der Waals surface area contributed by atoms with E-state index in [0.29, 0.717) is 5.82 Å². The summed E-state index contributed by atoms with van der Waals surface area (Å²) in [6.45, 7) is 1.73. The second-order valence-corrected chi connectivity index (χ2v) is 4.52. The summed E-state index contributed by atoms with van der Waals surface area (Å²) in [6.07, 6.45) is 1.34. The van der Waals surface area contributed by atoms with E-state index in [-0.39, 0.29) is 16.1 Å². The molecule has 2 N–H and O–H groups in total. The van der Waals surface area contributed by atoms with Crippen molar-refractivity contribution in [3.63, 3.8) is 0 Å². The quantitative estimate of drug-likeness (QED) is 0.912. The van der Waals surface area contributed by atoms with Gasteiger partial charge in [0.15, 0.2) is 0 Å². The number of nitrogens with one attached hydrogen (secondary N) is 2. The number of rotatable bonds is 3. The van der Waals surface area contributed by atoms with E-state index in [0.717, 1.165) is 0 Å². The van der Waals surface area contributed by atoms with E-state index in [1.165, 1.54) is 18.5 Å². The largest absolute Gasteiger partial charge is 0.342 e. The molecule has 0 aliphatic rings. The van der Waals surface area contributed by atoms with Crippen molar-refractivity contribution in [1.29, 1.82) is 0 Å². The maximum atomic E-state index is 13.7. The third kappa shape index (κ3) is 2.56. The van der Waals surface area contributed by atoms with Gasteiger partial charge in [0.25, 0.3) is 5.91 Å². The lowest BCUT2D eigenvalue weighted by molar-refractivity contribution is 0.0934. The van der Waals surface area contributed by atoms with Gasteiger partial charge in [0.2, 0.25) is 0 Å². The lowest BCUT2D eigenvalue weighted by Gasteiger charge is -2.11. The fourth-order valence-corrected chi connectivity index (χ4v) is 1.81. The van der Waals surface area contributed by atoms with Gasteiger partial charge in [-0.25, -0.2) is 9.37 Å². The maximum Gasteiger partial charge on any atom is 0.254 e. The van der Waals surface area contributed by atoms with Crippen molar-refractivity contribution in [2.75, 3.05) is 0 Å². The fraction of sp³-hybridized carbons (Fsp3) is 0.182. The van der Waals surface area contributed by atoms with Crippen LogP contribution in [0.3, 0.4) is 0 Å². The van der Waals surface area contributed by atoms with E-state index in [1.807, 2.05) is 0 Å².